The van der Waals surface area contributed by atoms with E-state index in [1.807, 2.05) is 23.1 Å². The molecule has 2 aliphatic heterocycles. The van der Waals surface area contributed by atoms with Crippen LogP contribution in [0, 0.1) is 16.0 Å². The summed E-state index contributed by atoms with van der Waals surface area (Å²) in [4.78, 5) is 38.8. The largest absolute Gasteiger partial charge is 0.460 e. The standard InChI is InChI=1S/C22H21N5O5/c1-2-32-21(29)19-24-26(14-9-11-15(12-10-14)27(30)31)22-13-5-6-16(22)20(28)23-17-7-3-4-8-18(17)25(19)22/h3-4,7-12,16H,2,5-6,13H2,1H3,(H,23,28). The molecular formula is C22H21N5O5. The number of non-ortho nitro benzene ring substituents is 1. The fourth-order valence-corrected chi connectivity index (χ4v) is 4.98. The number of ether oxygens (including phenoxy) is 1. The van der Waals surface area contributed by atoms with Gasteiger partial charge in [0.2, 0.25) is 11.7 Å². The van der Waals surface area contributed by atoms with Gasteiger partial charge in [-0.25, -0.2) is 9.80 Å². The number of hydrogen-bond acceptors (Lipinski definition) is 8. The van der Waals surface area contributed by atoms with E-state index in [1.54, 1.807) is 30.1 Å². The Morgan fingerprint density at radius 1 is 1.28 bits per heavy atom. The quantitative estimate of drug-likeness (QED) is 0.445. The van der Waals surface area contributed by atoms with Crippen molar-refractivity contribution in [3.8, 4) is 0 Å². The Labute approximate surface area is 183 Å². The lowest BCUT2D eigenvalue weighted by Crippen LogP contribution is -2.61. The molecule has 5 rings (SSSR count). The number of esters is 1. The summed E-state index contributed by atoms with van der Waals surface area (Å²) in [5.74, 6) is -1.14. The number of nitro benzene ring substituents is 1. The van der Waals surface area contributed by atoms with Crippen molar-refractivity contribution in [2.75, 3.05) is 21.8 Å². The number of hydrazone groups is 1. The van der Waals surface area contributed by atoms with Crippen LogP contribution in [0.15, 0.2) is 53.6 Å². The number of anilines is 3. The van der Waals surface area contributed by atoms with Crippen LogP contribution in [0.4, 0.5) is 22.7 Å². The average Bonchev–Trinajstić information content (AvgIpc) is 3.35. The van der Waals surface area contributed by atoms with Gasteiger partial charge in [-0.15, -0.1) is 5.10 Å². The topological polar surface area (TPSA) is 117 Å². The highest BCUT2D eigenvalue weighted by atomic mass is 16.6. The highest BCUT2D eigenvalue weighted by Gasteiger charge is 2.62. The number of carbonyl (C=O) groups excluding carboxylic acids is 2. The van der Waals surface area contributed by atoms with Crippen LogP contribution in [-0.4, -0.2) is 34.9 Å². The number of hydrogen-bond donors (Lipinski definition) is 1. The van der Waals surface area contributed by atoms with Gasteiger partial charge in [0.1, 0.15) is 0 Å². The molecule has 1 saturated carbocycles. The summed E-state index contributed by atoms with van der Waals surface area (Å²) < 4.78 is 5.30. The van der Waals surface area contributed by atoms with Crippen molar-refractivity contribution in [1.82, 2.24) is 0 Å². The molecule has 10 heteroatoms. The number of rotatable bonds is 4. The lowest BCUT2D eigenvalue weighted by Gasteiger charge is -2.43. The number of nitrogens with zero attached hydrogens (tertiary/aromatic N) is 4. The minimum atomic E-state index is -0.963. The smallest absolute Gasteiger partial charge is 0.376 e. The van der Waals surface area contributed by atoms with E-state index in [2.05, 4.69) is 10.4 Å². The number of para-hydroxylation sites is 2. The molecule has 1 aliphatic carbocycles. The number of carbonyl (C=O) groups is 2. The molecule has 2 aromatic carbocycles. The molecule has 0 saturated heterocycles. The highest BCUT2D eigenvalue weighted by molar-refractivity contribution is 6.43. The third-order valence-corrected chi connectivity index (χ3v) is 6.24. The molecule has 164 valence electrons. The van der Waals surface area contributed by atoms with Gasteiger partial charge < -0.3 is 10.1 Å². The summed E-state index contributed by atoms with van der Waals surface area (Å²) in [6.07, 6.45) is 1.94. The second-order valence-electron chi connectivity index (χ2n) is 7.89. The zero-order valence-electron chi connectivity index (χ0n) is 17.4. The van der Waals surface area contributed by atoms with Crippen LogP contribution in [-0.2, 0) is 14.3 Å². The molecule has 3 aliphatic rings. The number of benzene rings is 2. The number of nitrogens with one attached hydrogen (secondary N) is 1. The molecule has 1 fully saturated rings. The number of nitro groups is 1. The Balaban J connectivity index is 1.73. The third-order valence-electron chi connectivity index (χ3n) is 6.24. The minimum Gasteiger partial charge on any atom is -0.460 e. The molecule has 10 nitrogen and oxygen atoms in total. The summed E-state index contributed by atoms with van der Waals surface area (Å²) >= 11 is 0. The minimum absolute atomic E-state index is 0.0520. The lowest BCUT2D eigenvalue weighted by molar-refractivity contribution is -0.384. The summed E-state index contributed by atoms with van der Waals surface area (Å²) in [7, 11) is 0. The molecule has 32 heavy (non-hydrogen) atoms. The number of fused-ring (bicyclic) bond motifs is 2. The van der Waals surface area contributed by atoms with Crippen LogP contribution in [0.25, 0.3) is 0 Å². The average molecular weight is 435 g/mol. The maximum atomic E-state index is 13.3. The maximum absolute atomic E-state index is 13.3. The summed E-state index contributed by atoms with van der Waals surface area (Å²) in [6.45, 7) is 1.90. The van der Waals surface area contributed by atoms with Crippen LogP contribution in [0.3, 0.4) is 0 Å². The molecule has 0 bridgehead atoms. The van der Waals surface area contributed by atoms with Crippen molar-refractivity contribution >= 4 is 40.5 Å². The van der Waals surface area contributed by atoms with Gasteiger partial charge in [-0.2, -0.15) is 0 Å². The molecule has 1 amide bonds. The fourth-order valence-electron chi connectivity index (χ4n) is 4.98. The normalized spacial score (nSPS) is 23.5. The van der Waals surface area contributed by atoms with E-state index >= 15 is 0 Å². The van der Waals surface area contributed by atoms with Gasteiger partial charge in [-0.3, -0.25) is 19.8 Å². The Morgan fingerprint density at radius 2 is 2.03 bits per heavy atom. The van der Waals surface area contributed by atoms with Crippen LogP contribution >= 0.6 is 0 Å². The lowest BCUT2D eigenvalue weighted by atomic mass is 9.92. The second kappa shape index (κ2) is 7.33. The predicted octanol–water partition coefficient (Wildman–Crippen LogP) is 3.25. The molecular weight excluding hydrogens is 414 g/mol. The highest BCUT2D eigenvalue weighted by Crippen LogP contribution is 2.53. The van der Waals surface area contributed by atoms with Gasteiger partial charge in [0, 0.05) is 12.1 Å². The van der Waals surface area contributed by atoms with Crippen molar-refractivity contribution < 1.29 is 19.2 Å². The predicted molar refractivity (Wildman–Crippen MR) is 117 cm³/mol. The van der Waals surface area contributed by atoms with Crippen LogP contribution in [0.5, 0.6) is 0 Å². The van der Waals surface area contributed by atoms with Gasteiger partial charge in [-0.05, 0) is 50.5 Å². The fraction of sp³-hybridized carbons (Fsp3) is 0.318. The molecule has 2 heterocycles. The first-order valence-corrected chi connectivity index (χ1v) is 10.5. The first-order valence-electron chi connectivity index (χ1n) is 10.5. The molecule has 2 aromatic rings. The van der Waals surface area contributed by atoms with Gasteiger partial charge in [-0.1, -0.05) is 12.1 Å². The van der Waals surface area contributed by atoms with E-state index in [1.165, 1.54) is 12.1 Å². The first kappa shape index (κ1) is 20.0. The molecule has 2 atom stereocenters. The maximum Gasteiger partial charge on any atom is 0.376 e. The van der Waals surface area contributed by atoms with Crippen molar-refractivity contribution in [2.45, 2.75) is 31.8 Å². The van der Waals surface area contributed by atoms with Crippen molar-refractivity contribution in [3.05, 3.63) is 58.6 Å². The van der Waals surface area contributed by atoms with Crippen LogP contribution in [0.1, 0.15) is 26.2 Å². The Hall–Kier alpha value is -3.95. The molecule has 1 spiro atoms. The van der Waals surface area contributed by atoms with E-state index in [-0.39, 0.29) is 24.0 Å². The number of amides is 1. The van der Waals surface area contributed by atoms with Crippen LogP contribution in [0.2, 0.25) is 0 Å². The van der Waals surface area contributed by atoms with E-state index in [9.17, 15) is 19.7 Å². The molecule has 0 radical (unpaired) electrons. The van der Waals surface area contributed by atoms with Gasteiger partial charge in [0.25, 0.3) is 5.69 Å². The SMILES string of the molecule is CCOC(=O)C1=NN(c2ccc([N+](=O)[O-])cc2)C23CCCC2C(=O)Nc2ccccc2N13. The monoisotopic (exact) mass is 435 g/mol. The second-order valence-corrected chi connectivity index (χ2v) is 7.89. The zero-order valence-corrected chi connectivity index (χ0v) is 17.4. The number of amidine groups is 1. The summed E-state index contributed by atoms with van der Waals surface area (Å²) in [6, 6.07) is 13.3. The Bertz CT molecular complexity index is 1150. The zero-order chi connectivity index (χ0) is 22.5. The Morgan fingerprint density at radius 3 is 2.75 bits per heavy atom. The van der Waals surface area contributed by atoms with E-state index in [0.29, 0.717) is 29.9 Å². The summed E-state index contributed by atoms with van der Waals surface area (Å²) in [5, 5.41) is 20.4. The van der Waals surface area contributed by atoms with Gasteiger partial charge in [0.15, 0.2) is 5.66 Å². The Kier molecular flexibility index (Phi) is 4.58. The molecule has 1 N–H and O–H groups in total. The summed E-state index contributed by atoms with van der Waals surface area (Å²) in [5.41, 5.74) is 0.785. The third kappa shape index (κ3) is 2.75. The van der Waals surface area contributed by atoms with Crippen molar-refractivity contribution in [2.24, 2.45) is 11.0 Å². The molecule has 0 aromatic heterocycles. The van der Waals surface area contributed by atoms with E-state index < -0.39 is 22.5 Å². The van der Waals surface area contributed by atoms with E-state index in [0.717, 1.165) is 6.42 Å². The van der Waals surface area contributed by atoms with Gasteiger partial charge >= 0.3 is 5.97 Å². The first-order chi connectivity index (χ1) is 15.5. The van der Waals surface area contributed by atoms with E-state index in [4.69, 9.17) is 4.74 Å². The van der Waals surface area contributed by atoms with Crippen molar-refractivity contribution in [1.29, 1.82) is 0 Å². The van der Waals surface area contributed by atoms with Crippen molar-refractivity contribution in [3.63, 3.8) is 0 Å². The van der Waals surface area contributed by atoms with Crippen LogP contribution < -0.4 is 15.2 Å². The molecule has 2 unspecified atom stereocenters. The van der Waals surface area contributed by atoms with Gasteiger partial charge in [0.05, 0.1) is 34.5 Å².